The largest absolute Gasteiger partial charge is 0.393 e. The molecule has 0 saturated carbocycles. The maximum absolute atomic E-state index is 9.56. The molecule has 2 nitrogen and oxygen atoms in total. The van der Waals surface area contributed by atoms with Crippen molar-refractivity contribution in [1.82, 2.24) is 0 Å². The summed E-state index contributed by atoms with van der Waals surface area (Å²) in [6.07, 6.45) is 1.72. The van der Waals surface area contributed by atoms with Crippen molar-refractivity contribution < 1.29 is 10.4 Å². The zero-order valence-corrected chi connectivity index (χ0v) is 8.02. The van der Waals surface area contributed by atoms with E-state index in [-0.39, 0.29) is 17.2 Å². The molecule has 2 heteroatoms. The molecular weight excluding hydrogens is 138 g/mol. The van der Waals surface area contributed by atoms with Crippen LogP contribution in [-0.2, 0) is 0 Å². The third kappa shape index (κ3) is 2.46. The Hall–Kier alpha value is -0.0800. The Labute approximate surface area is 69.0 Å². The van der Waals surface area contributed by atoms with E-state index in [1.54, 1.807) is 0 Å². The average Bonchev–Trinajstić information content (AvgIpc) is 1.49. The number of rotatable bonds is 0. The number of piperidine rings is 1. The fourth-order valence-electron chi connectivity index (χ4n) is 2.46. The van der Waals surface area contributed by atoms with Crippen LogP contribution in [0.5, 0.6) is 0 Å². The number of hydrogen-bond acceptors (Lipinski definition) is 1. The summed E-state index contributed by atoms with van der Waals surface area (Å²) in [4.78, 5) is 0. The lowest BCUT2D eigenvalue weighted by Gasteiger charge is -2.41. The number of aliphatic hydroxyl groups is 1. The minimum absolute atomic E-state index is 0.106. The molecule has 0 bridgehead atoms. The highest BCUT2D eigenvalue weighted by atomic mass is 16.3. The van der Waals surface area contributed by atoms with E-state index in [0.717, 1.165) is 12.8 Å². The Morgan fingerprint density at radius 3 is 1.73 bits per heavy atom. The zero-order valence-electron chi connectivity index (χ0n) is 8.02. The summed E-state index contributed by atoms with van der Waals surface area (Å²) in [5.74, 6) is 0. The zero-order chi connectivity index (χ0) is 8.70. The lowest BCUT2D eigenvalue weighted by molar-refractivity contribution is -0.789. The third-order valence-corrected chi connectivity index (χ3v) is 2.30. The molecule has 0 atom stereocenters. The SMILES string of the molecule is CC1(C)CC(O)CC(C)(C)[NH2+]1. The maximum Gasteiger partial charge on any atom is 0.0933 e. The van der Waals surface area contributed by atoms with Gasteiger partial charge in [0.2, 0.25) is 0 Å². The summed E-state index contributed by atoms with van der Waals surface area (Å²) in [5, 5.41) is 11.9. The molecule has 11 heavy (non-hydrogen) atoms. The maximum atomic E-state index is 9.56. The highest BCUT2D eigenvalue weighted by Crippen LogP contribution is 2.20. The minimum atomic E-state index is -0.106. The van der Waals surface area contributed by atoms with Gasteiger partial charge in [-0.2, -0.15) is 0 Å². The molecule has 0 amide bonds. The average molecular weight is 158 g/mol. The van der Waals surface area contributed by atoms with Crippen molar-refractivity contribution in [2.24, 2.45) is 0 Å². The first kappa shape index (κ1) is 9.01. The monoisotopic (exact) mass is 158 g/mol. The third-order valence-electron chi connectivity index (χ3n) is 2.30. The van der Waals surface area contributed by atoms with Crippen LogP contribution < -0.4 is 5.32 Å². The van der Waals surface area contributed by atoms with Crippen LogP contribution in [-0.4, -0.2) is 22.3 Å². The van der Waals surface area contributed by atoms with Crippen LogP contribution in [0.2, 0.25) is 0 Å². The molecule has 3 N–H and O–H groups in total. The molecule has 0 spiro atoms. The number of hydrogen-bond donors (Lipinski definition) is 2. The molecule has 0 aromatic heterocycles. The van der Waals surface area contributed by atoms with Crippen molar-refractivity contribution in [3.05, 3.63) is 0 Å². The van der Waals surface area contributed by atoms with Gasteiger partial charge in [-0.1, -0.05) is 0 Å². The molecular formula is C9H20NO+. The van der Waals surface area contributed by atoms with E-state index in [9.17, 15) is 5.11 Å². The molecule has 1 fully saturated rings. The van der Waals surface area contributed by atoms with Crippen molar-refractivity contribution in [3.8, 4) is 0 Å². The second-order valence-corrected chi connectivity index (χ2v) is 5.18. The standard InChI is InChI=1S/C9H19NO/c1-8(2)5-7(11)6-9(3,4)10-8/h7,10-11H,5-6H2,1-4H3/p+1. The van der Waals surface area contributed by atoms with Crippen LogP contribution in [0.1, 0.15) is 40.5 Å². The predicted molar refractivity (Wildman–Crippen MR) is 45.3 cm³/mol. The van der Waals surface area contributed by atoms with Gasteiger partial charge in [0, 0.05) is 12.8 Å². The topological polar surface area (TPSA) is 36.8 Å². The first-order valence-electron chi connectivity index (χ1n) is 4.36. The van der Waals surface area contributed by atoms with Gasteiger partial charge in [-0.3, -0.25) is 0 Å². The summed E-state index contributed by atoms with van der Waals surface area (Å²) in [6, 6.07) is 0. The number of quaternary nitrogens is 1. The van der Waals surface area contributed by atoms with Gasteiger partial charge in [0.25, 0.3) is 0 Å². The van der Waals surface area contributed by atoms with E-state index in [4.69, 9.17) is 0 Å². The van der Waals surface area contributed by atoms with E-state index < -0.39 is 0 Å². The van der Waals surface area contributed by atoms with Crippen molar-refractivity contribution in [2.75, 3.05) is 0 Å². The molecule has 1 saturated heterocycles. The molecule has 66 valence electrons. The molecule has 0 aromatic rings. The van der Waals surface area contributed by atoms with Gasteiger partial charge >= 0.3 is 0 Å². The number of aliphatic hydroxyl groups excluding tert-OH is 1. The second-order valence-electron chi connectivity index (χ2n) is 5.18. The van der Waals surface area contributed by atoms with Crippen LogP contribution in [0.15, 0.2) is 0 Å². The summed E-state index contributed by atoms with van der Waals surface area (Å²) in [6.45, 7) is 8.77. The van der Waals surface area contributed by atoms with Crippen LogP contribution in [0.3, 0.4) is 0 Å². The van der Waals surface area contributed by atoms with Crippen LogP contribution in [0.25, 0.3) is 0 Å². The molecule has 1 aliphatic rings. The van der Waals surface area contributed by atoms with E-state index in [1.807, 2.05) is 0 Å². The van der Waals surface area contributed by atoms with Crippen molar-refractivity contribution in [3.63, 3.8) is 0 Å². The van der Waals surface area contributed by atoms with E-state index in [2.05, 4.69) is 33.0 Å². The first-order valence-corrected chi connectivity index (χ1v) is 4.36. The van der Waals surface area contributed by atoms with Crippen molar-refractivity contribution >= 4 is 0 Å². The smallest absolute Gasteiger partial charge is 0.0933 e. The minimum Gasteiger partial charge on any atom is -0.393 e. The summed E-state index contributed by atoms with van der Waals surface area (Å²) < 4.78 is 0. The molecule has 0 radical (unpaired) electrons. The number of nitrogens with two attached hydrogens (primary N) is 1. The molecule has 0 unspecified atom stereocenters. The molecule has 0 aliphatic carbocycles. The molecule has 1 aliphatic heterocycles. The van der Waals surface area contributed by atoms with Crippen LogP contribution in [0, 0.1) is 0 Å². The van der Waals surface area contributed by atoms with Gasteiger partial charge in [-0.25, -0.2) is 0 Å². The van der Waals surface area contributed by atoms with Crippen molar-refractivity contribution in [2.45, 2.75) is 57.7 Å². The van der Waals surface area contributed by atoms with Gasteiger partial charge in [-0.05, 0) is 27.7 Å². The lowest BCUT2D eigenvalue weighted by Crippen LogP contribution is -3.05. The normalized spacial score (nSPS) is 30.3. The molecule has 1 heterocycles. The van der Waals surface area contributed by atoms with Gasteiger partial charge in [0.05, 0.1) is 17.2 Å². The fourth-order valence-corrected chi connectivity index (χ4v) is 2.46. The Morgan fingerprint density at radius 2 is 1.45 bits per heavy atom. The van der Waals surface area contributed by atoms with Crippen molar-refractivity contribution in [1.29, 1.82) is 0 Å². The Bertz CT molecular complexity index is 136. The first-order chi connectivity index (χ1) is 4.81. The van der Waals surface area contributed by atoms with E-state index >= 15 is 0 Å². The predicted octanol–water partition coefficient (Wildman–Crippen LogP) is 0.262. The highest BCUT2D eigenvalue weighted by Gasteiger charge is 2.40. The van der Waals surface area contributed by atoms with E-state index in [1.165, 1.54) is 0 Å². The van der Waals surface area contributed by atoms with Gasteiger partial charge < -0.3 is 10.4 Å². The van der Waals surface area contributed by atoms with Gasteiger partial charge in [-0.15, -0.1) is 0 Å². The molecule has 1 rings (SSSR count). The Balaban J connectivity index is 2.66. The van der Waals surface area contributed by atoms with Gasteiger partial charge in [0.15, 0.2) is 0 Å². The van der Waals surface area contributed by atoms with Crippen LogP contribution in [0.4, 0.5) is 0 Å². The summed E-state index contributed by atoms with van der Waals surface area (Å²) >= 11 is 0. The summed E-state index contributed by atoms with van der Waals surface area (Å²) in [7, 11) is 0. The summed E-state index contributed by atoms with van der Waals surface area (Å²) in [5.41, 5.74) is 0.419. The quantitative estimate of drug-likeness (QED) is 0.521. The van der Waals surface area contributed by atoms with Gasteiger partial charge in [0.1, 0.15) is 0 Å². The van der Waals surface area contributed by atoms with Crippen LogP contribution >= 0.6 is 0 Å². The Kier molecular flexibility index (Phi) is 2.01. The Morgan fingerprint density at radius 1 is 1.09 bits per heavy atom. The fraction of sp³-hybridized carbons (Fsp3) is 1.00. The van der Waals surface area contributed by atoms with E-state index in [0.29, 0.717) is 0 Å². The lowest BCUT2D eigenvalue weighted by atomic mass is 9.81. The second kappa shape index (κ2) is 2.46. The molecule has 0 aromatic carbocycles. The highest BCUT2D eigenvalue weighted by molar-refractivity contribution is 4.83.